The normalized spacial score (nSPS) is 11.7. The van der Waals surface area contributed by atoms with Gasteiger partial charge >= 0.3 is 0 Å². The number of nitrogens with zero attached hydrogens (tertiary/aromatic N) is 3. The van der Waals surface area contributed by atoms with Crippen molar-refractivity contribution in [2.24, 2.45) is 0 Å². The summed E-state index contributed by atoms with van der Waals surface area (Å²) in [5, 5.41) is 4.34. The summed E-state index contributed by atoms with van der Waals surface area (Å²) in [6.45, 7) is 9.80. The molecule has 0 aliphatic heterocycles. The molecule has 0 unspecified atom stereocenters. The van der Waals surface area contributed by atoms with E-state index in [4.69, 9.17) is 9.47 Å². The van der Waals surface area contributed by atoms with Crippen molar-refractivity contribution in [1.29, 1.82) is 0 Å². The summed E-state index contributed by atoms with van der Waals surface area (Å²) in [4.78, 5) is 4.30. The predicted octanol–water partition coefficient (Wildman–Crippen LogP) is 5.28. The van der Waals surface area contributed by atoms with Crippen molar-refractivity contribution >= 4 is 0 Å². The molecule has 3 rings (SSSR count). The zero-order valence-electron chi connectivity index (χ0n) is 16.2. The lowest BCUT2D eigenvalue weighted by molar-refractivity contribution is 0.231. The molecule has 0 saturated heterocycles. The van der Waals surface area contributed by atoms with Crippen LogP contribution in [0.25, 0.3) is 5.82 Å². The van der Waals surface area contributed by atoms with Crippen LogP contribution in [0.15, 0.2) is 48.8 Å². The molecular weight excluding hydrogens is 345 g/mol. The van der Waals surface area contributed by atoms with Crippen molar-refractivity contribution in [2.75, 3.05) is 0 Å². The van der Waals surface area contributed by atoms with Gasteiger partial charge in [-0.1, -0.05) is 26.8 Å². The Hall–Kier alpha value is -2.89. The van der Waals surface area contributed by atoms with Gasteiger partial charge < -0.3 is 9.47 Å². The quantitative estimate of drug-likeness (QED) is 0.614. The Kier molecular flexibility index (Phi) is 5.17. The van der Waals surface area contributed by atoms with Crippen LogP contribution in [0.3, 0.4) is 0 Å². The monoisotopic (exact) mass is 369 g/mol. The maximum atomic E-state index is 14.4. The van der Waals surface area contributed by atoms with Crippen LogP contribution >= 0.6 is 0 Å². The zero-order chi connectivity index (χ0) is 19.6. The van der Waals surface area contributed by atoms with Crippen molar-refractivity contribution in [1.82, 2.24) is 14.8 Å². The van der Waals surface area contributed by atoms with Gasteiger partial charge in [-0.2, -0.15) is 0 Å². The number of pyridine rings is 1. The number of benzene rings is 1. The van der Waals surface area contributed by atoms with Crippen LogP contribution in [0.4, 0.5) is 4.39 Å². The fraction of sp³-hybridized carbons (Fsp3) is 0.333. The average molecular weight is 369 g/mol. The Balaban J connectivity index is 1.80. The van der Waals surface area contributed by atoms with Gasteiger partial charge in [-0.05, 0) is 37.0 Å². The van der Waals surface area contributed by atoms with Crippen LogP contribution in [0, 0.1) is 5.82 Å². The van der Waals surface area contributed by atoms with E-state index >= 15 is 0 Å². The van der Waals surface area contributed by atoms with Gasteiger partial charge in [0.1, 0.15) is 17.3 Å². The lowest BCUT2D eigenvalue weighted by Gasteiger charge is -2.20. The molecule has 0 atom stereocenters. The van der Waals surface area contributed by atoms with E-state index in [2.05, 4.69) is 10.1 Å². The number of halogens is 1. The minimum Gasteiger partial charge on any atom is -0.474 e. The van der Waals surface area contributed by atoms with E-state index in [1.165, 1.54) is 6.07 Å². The first-order valence-corrected chi connectivity index (χ1v) is 8.89. The summed E-state index contributed by atoms with van der Waals surface area (Å²) in [6.07, 6.45) is 3.43. The molecule has 2 aromatic heterocycles. The lowest BCUT2D eigenvalue weighted by Crippen LogP contribution is -2.13. The molecule has 27 heavy (non-hydrogen) atoms. The van der Waals surface area contributed by atoms with Gasteiger partial charge in [-0.3, -0.25) is 0 Å². The fourth-order valence-corrected chi connectivity index (χ4v) is 2.63. The first-order chi connectivity index (χ1) is 12.7. The van der Waals surface area contributed by atoms with E-state index in [0.717, 1.165) is 0 Å². The molecule has 0 bridgehead atoms. The maximum absolute atomic E-state index is 14.4. The van der Waals surface area contributed by atoms with E-state index in [1.807, 2.05) is 34.6 Å². The molecule has 0 fully saturated rings. The average Bonchev–Trinajstić information content (AvgIpc) is 3.01. The second-order valence-corrected chi connectivity index (χ2v) is 7.61. The number of aromatic nitrogens is 3. The first kappa shape index (κ1) is 18.9. The van der Waals surface area contributed by atoms with Crippen LogP contribution in [0.2, 0.25) is 0 Å². The van der Waals surface area contributed by atoms with E-state index in [1.54, 1.807) is 47.4 Å². The highest BCUT2D eigenvalue weighted by atomic mass is 19.1. The fourth-order valence-electron chi connectivity index (χ4n) is 2.63. The van der Waals surface area contributed by atoms with Crippen LogP contribution < -0.4 is 9.47 Å². The van der Waals surface area contributed by atoms with Crippen molar-refractivity contribution in [3.8, 4) is 23.2 Å². The summed E-state index contributed by atoms with van der Waals surface area (Å²) < 4.78 is 27.4. The highest BCUT2D eigenvalue weighted by Gasteiger charge is 2.18. The molecule has 0 amide bonds. The van der Waals surface area contributed by atoms with Crippen LogP contribution in [-0.2, 0) is 5.41 Å². The molecule has 0 spiro atoms. The van der Waals surface area contributed by atoms with Gasteiger partial charge in [0.2, 0.25) is 5.88 Å². The van der Waals surface area contributed by atoms with E-state index in [-0.39, 0.29) is 17.3 Å². The smallest absolute Gasteiger partial charge is 0.233 e. The van der Waals surface area contributed by atoms with Gasteiger partial charge in [0.15, 0.2) is 5.82 Å². The molecule has 6 heteroatoms. The van der Waals surface area contributed by atoms with Crippen molar-refractivity contribution < 1.29 is 13.9 Å². The molecular formula is C21H24FN3O2. The predicted molar refractivity (Wildman–Crippen MR) is 102 cm³/mol. The summed E-state index contributed by atoms with van der Waals surface area (Å²) in [6, 6.07) is 10.2. The number of hydrogen-bond donors (Lipinski definition) is 0. The Labute approximate surface area is 158 Å². The molecule has 5 nitrogen and oxygen atoms in total. The van der Waals surface area contributed by atoms with Gasteiger partial charge in [0.25, 0.3) is 0 Å². The largest absolute Gasteiger partial charge is 0.474 e. The summed E-state index contributed by atoms with van der Waals surface area (Å²) in [5.41, 5.74) is 0.391. The molecule has 142 valence electrons. The summed E-state index contributed by atoms with van der Waals surface area (Å²) in [5.74, 6) is 1.80. The number of ether oxygens (including phenoxy) is 2. The molecule has 0 radical (unpaired) electrons. The molecule has 0 aliphatic rings. The van der Waals surface area contributed by atoms with E-state index in [9.17, 15) is 4.39 Å². The Morgan fingerprint density at radius 3 is 2.44 bits per heavy atom. The van der Waals surface area contributed by atoms with Crippen molar-refractivity contribution in [3.63, 3.8) is 0 Å². The first-order valence-electron chi connectivity index (χ1n) is 8.89. The van der Waals surface area contributed by atoms with Gasteiger partial charge in [0, 0.05) is 30.6 Å². The molecule has 0 aliphatic carbocycles. The minimum atomic E-state index is -0.281. The third-order valence-electron chi connectivity index (χ3n) is 3.86. The highest BCUT2D eigenvalue weighted by Crippen LogP contribution is 2.30. The minimum absolute atomic E-state index is 0.0435. The lowest BCUT2D eigenvalue weighted by atomic mass is 9.87. The van der Waals surface area contributed by atoms with Gasteiger partial charge in [-0.15, -0.1) is 5.10 Å². The van der Waals surface area contributed by atoms with Crippen LogP contribution in [0.1, 0.15) is 40.2 Å². The molecule has 1 aromatic carbocycles. The topological polar surface area (TPSA) is 49.2 Å². The van der Waals surface area contributed by atoms with Crippen LogP contribution in [-0.4, -0.2) is 20.9 Å². The van der Waals surface area contributed by atoms with Crippen molar-refractivity contribution in [3.05, 3.63) is 60.2 Å². The SMILES string of the molecule is CC(C)Oc1ccn(-c2cc(Oc3ccc(C(C)(C)C)c(F)c3)ccn2)n1. The van der Waals surface area contributed by atoms with Crippen molar-refractivity contribution in [2.45, 2.75) is 46.1 Å². The van der Waals surface area contributed by atoms with E-state index < -0.39 is 0 Å². The second kappa shape index (κ2) is 7.39. The molecule has 0 N–H and O–H groups in total. The second-order valence-electron chi connectivity index (χ2n) is 7.61. The Morgan fingerprint density at radius 2 is 1.78 bits per heavy atom. The number of hydrogen-bond acceptors (Lipinski definition) is 4. The standard InChI is InChI=1S/C21H24FN3O2/c1-14(2)26-20-9-11-25(24-20)19-13-16(8-10-23-19)27-15-6-7-17(18(22)12-15)21(3,4)5/h6-14H,1-5H3. The zero-order valence-corrected chi connectivity index (χ0v) is 16.2. The third kappa shape index (κ3) is 4.64. The van der Waals surface area contributed by atoms with Gasteiger partial charge in [-0.25, -0.2) is 14.1 Å². The molecule has 3 aromatic rings. The van der Waals surface area contributed by atoms with Crippen LogP contribution in [0.5, 0.6) is 17.4 Å². The molecule has 2 heterocycles. The number of rotatable bonds is 5. The third-order valence-corrected chi connectivity index (χ3v) is 3.86. The summed E-state index contributed by atoms with van der Waals surface area (Å²) >= 11 is 0. The van der Waals surface area contributed by atoms with Gasteiger partial charge in [0.05, 0.1) is 6.10 Å². The Bertz CT molecular complexity index is 929. The Morgan fingerprint density at radius 1 is 1.04 bits per heavy atom. The maximum Gasteiger partial charge on any atom is 0.233 e. The molecule has 0 saturated carbocycles. The van der Waals surface area contributed by atoms with E-state index in [0.29, 0.717) is 28.8 Å². The summed E-state index contributed by atoms with van der Waals surface area (Å²) in [7, 11) is 0. The highest BCUT2D eigenvalue weighted by molar-refractivity contribution is 5.38.